The Morgan fingerprint density at radius 3 is 2.50 bits per heavy atom. The minimum absolute atomic E-state index is 0.189. The quantitative estimate of drug-likeness (QED) is 0.342. The van der Waals surface area contributed by atoms with Gasteiger partial charge in [0.15, 0.2) is 11.5 Å². The number of piperidine rings is 1. The van der Waals surface area contributed by atoms with Gasteiger partial charge in [-0.3, -0.25) is 4.79 Å². The zero-order valence-corrected chi connectivity index (χ0v) is 23.9. The number of benzene rings is 2. The molecule has 7 nitrogen and oxygen atoms in total. The summed E-state index contributed by atoms with van der Waals surface area (Å²) >= 11 is 7.44. The third kappa shape index (κ3) is 6.99. The van der Waals surface area contributed by atoms with Crippen molar-refractivity contribution in [1.82, 2.24) is 4.90 Å². The third-order valence-electron chi connectivity index (χ3n) is 6.00. The normalized spacial score (nSPS) is 15.6. The van der Waals surface area contributed by atoms with Gasteiger partial charge in [0, 0.05) is 28.2 Å². The van der Waals surface area contributed by atoms with E-state index in [0.29, 0.717) is 40.2 Å². The van der Waals surface area contributed by atoms with Crippen LogP contribution in [0.3, 0.4) is 0 Å². The lowest BCUT2D eigenvalue weighted by Crippen LogP contribution is -2.46. The maximum atomic E-state index is 13.1. The highest BCUT2D eigenvalue weighted by Gasteiger charge is 2.29. The van der Waals surface area contributed by atoms with Gasteiger partial charge in [-0.15, -0.1) is 11.3 Å². The smallest absolute Gasteiger partial charge is 0.410 e. The molecule has 2 aromatic carbocycles. The van der Waals surface area contributed by atoms with Gasteiger partial charge in [0.05, 0.1) is 18.5 Å². The fourth-order valence-corrected chi connectivity index (χ4v) is 5.40. The molecular formula is C29H33ClN2O5S. The lowest BCUT2D eigenvalue weighted by Gasteiger charge is -2.34. The number of likely N-dealkylation sites (tertiary alicyclic amines) is 1. The van der Waals surface area contributed by atoms with Crippen molar-refractivity contribution < 1.29 is 23.8 Å². The molecular weight excluding hydrogens is 524 g/mol. The first-order valence-corrected chi connectivity index (χ1v) is 13.7. The van der Waals surface area contributed by atoms with Gasteiger partial charge in [0.25, 0.3) is 5.91 Å². The first-order chi connectivity index (χ1) is 18.0. The molecule has 9 heteroatoms. The Morgan fingerprint density at radius 2 is 1.82 bits per heavy atom. The number of methoxy groups -OCH3 is 1. The number of aryl methyl sites for hydroxylation is 1. The molecule has 0 radical (unpaired) electrons. The molecule has 38 heavy (non-hydrogen) atoms. The zero-order valence-electron chi connectivity index (χ0n) is 22.3. The Bertz CT molecular complexity index is 1300. The van der Waals surface area contributed by atoms with Gasteiger partial charge in [-0.25, -0.2) is 4.79 Å². The van der Waals surface area contributed by atoms with Crippen molar-refractivity contribution in [2.24, 2.45) is 0 Å². The van der Waals surface area contributed by atoms with Crippen LogP contribution >= 0.6 is 22.9 Å². The van der Waals surface area contributed by atoms with E-state index in [1.54, 1.807) is 30.2 Å². The lowest BCUT2D eigenvalue weighted by atomic mass is 10.1. The molecule has 0 bridgehead atoms. The van der Waals surface area contributed by atoms with E-state index in [4.69, 9.17) is 25.8 Å². The van der Waals surface area contributed by atoms with Crippen LogP contribution in [0.15, 0.2) is 48.5 Å². The molecule has 1 aliphatic rings. The summed E-state index contributed by atoms with van der Waals surface area (Å²) in [6, 6.07) is 14.9. The summed E-state index contributed by atoms with van der Waals surface area (Å²) in [6.45, 7) is 8.56. The largest absolute Gasteiger partial charge is 0.493 e. The minimum Gasteiger partial charge on any atom is -0.493 e. The van der Waals surface area contributed by atoms with Gasteiger partial charge in [-0.1, -0.05) is 23.7 Å². The second kappa shape index (κ2) is 11.7. The molecule has 202 valence electrons. The van der Waals surface area contributed by atoms with Crippen LogP contribution in [0.2, 0.25) is 5.02 Å². The van der Waals surface area contributed by atoms with Crippen LogP contribution in [0.1, 0.15) is 48.8 Å². The fourth-order valence-electron chi connectivity index (χ4n) is 4.20. The second-order valence-corrected chi connectivity index (χ2v) is 11.7. The molecule has 1 fully saturated rings. The molecule has 1 saturated heterocycles. The number of amides is 2. The number of hydrogen-bond acceptors (Lipinski definition) is 6. The van der Waals surface area contributed by atoms with E-state index in [0.717, 1.165) is 28.8 Å². The van der Waals surface area contributed by atoms with Crippen molar-refractivity contribution >= 4 is 40.6 Å². The Labute approximate surface area is 232 Å². The molecule has 0 saturated carbocycles. The van der Waals surface area contributed by atoms with Crippen LogP contribution in [0.5, 0.6) is 11.5 Å². The Kier molecular flexibility index (Phi) is 8.53. The highest BCUT2D eigenvalue weighted by molar-refractivity contribution is 7.17. The third-order valence-corrected chi connectivity index (χ3v) is 7.53. The topological polar surface area (TPSA) is 77.1 Å². The van der Waals surface area contributed by atoms with Gasteiger partial charge in [0.2, 0.25) is 0 Å². The molecule has 1 unspecified atom stereocenters. The highest BCUT2D eigenvalue weighted by Crippen LogP contribution is 2.35. The summed E-state index contributed by atoms with van der Waals surface area (Å²) in [5.41, 5.74) is 1.96. The monoisotopic (exact) mass is 556 g/mol. The summed E-state index contributed by atoms with van der Waals surface area (Å²) in [6.07, 6.45) is 1.11. The Balaban J connectivity index is 1.42. The summed E-state index contributed by atoms with van der Waals surface area (Å²) in [5, 5.41) is 3.64. The average molecular weight is 557 g/mol. The van der Waals surface area contributed by atoms with Crippen LogP contribution in [0.25, 0.3) is 10.4 Å². The van der Waals surface area contributed by atoms with Gasteiger partial charge < -0.3 is 24.4 Å². The van der Waals surface area contributed by atoms with Gasteiger partial charge in [0.1, 0.15) is 11.7 Å². The van der Waals surface area contributed by atoms with E-state index in [-0.39, 0.29) is 18.1 Å². The summed E-state index contributed by atoms with van der Waals surface area (Å²) in [7, 11) is 1.56. The zero-order chi connectivity index (χ0) is 27.4. The van der Waals surface area contributed by atoms with Gasteiger partial charge >= 0.3 is 6.09 Å². The summed E-state index contributed by atoms with van der Waals surface area (Å²) < 4.78 is 17.3. The van der Waals surface area contributed by atoms with Crippen LogP contribution < -0.4 is 14.8 Å². The maximum Gasteiger partial charge on any atom is 0.410 e. The van der Waals surface area contributed by atoms with Crippen LogP contribution in [0.4, 0.5) is 10.5 Å². The minimum atomic E-state index is -0.548. The van der Waals surface area contributed by atoms with Crippen LogP contribution in [0, 0.1) is 6.92 Å². The van der Waals surface area contributed by atoms with Crippen LogP contribution in [-0.2, 0) is 4.74 Å². The number of nitrogens with zero attached hydrogens (tertiary/aromatic N) is 1. The van der Waals surface area contributed by atoms with Gasteiger partial charge in [-0.05, 0) is 82.0 Å². The molecule has 1 N–H and O–H groups in total. The van der Waals surface area contributed by atoms with Crippen molar-refractivity contribution in [3.05, 3.63) is 64.0 Å². The summed E-state index contributed by atoms with van der Waals surface area (Å²) in [4.78, 5) is 28.9. The number of hydrogen-bond donors (Lipinski definition) is 1. The molecule has 1 aromatic heterocycles. The number of anilines is 1. The van der Waals surface area contributed by atoms with Crippen molar-refractivity contribution in [2.45, 2.75) is 52.2 Å². The fraction of sp³-hybridized carbons (Fsp3) is 0.379. The number of carbonyl (C=O) groups is 2. The molecule has 0 aliphatic carbocycles. The van der Waals surface area contributed by atoms with Crippen molar-refractivity contribution in [3.8, 4) is 21.9 Å². The van der Waals surface area contributed by atoms with E-state index < -0.39 is 5.60 Å². The standard InChI is InChI=1S/C29H33ClN2O5S/c1-18-15-25(19-8-10-20(30)11-9-19)38-26(18)27(33)31-21-12-13-23(24(16-21)35-5)36-22-7-6-14-32(17-22)28(34)37-29(2,3)4/h8-13,15-16,22H,6-7,14,17H2,1-5H3,(H,31,33). The number of nitrogens with one attached hydrogen (secondary N) is 1. The first kappa shape index (κ1) is 27.8. The summed E-state index contributed by atoms with van der Waals surface area (Å²) in [5.74, 6) is 0.865. The van der Waals surface area contributed by atoms with E-state index in [1.807, 2.05) is 58.0 Å². The number of halogens is 1. The van der Waals surface area contributed by atoms with Gasteiger partial charge in [-0.2, -0.15) is 0 Å². The van der Waals surface area contributed by atoms with Crippen LogP contribution in [-0.4, -0.2) is 48.8 Å². The van der Waals surface area contributed by atoms with E-state index in [2.05, 4.69) is 5.32 Å². The highest BCUT2D eigenvalue weighted by atomic mass is 35.5. The number of rotatable bonds is 6. The van der Waals surface area contributed by atoms with Crippen molar-refractivity contribution in [2.75, 3.05) is 25.5 Å². The molecule has 4 rings (SSSR count). The predicted octanol–water partition coefficient (Wildman–Crippen LogP) is 7.42. The molecule has 0 spiro atoms. The number of ether oxygens (including phenoxy) is 3. The van der Waals surface area contributed by atoms with E-state index >= 15 is 0 Å². The predicted molar refractivity (Wildman–Crippen MR) is 152 cm³/mol. The first-order valence-electron chi connectivity index (χ1n) is 12.5. The Morgan fingerprint density at radius 1 is 1.08 bits per heavy atom. The van der Waals surface area contributed by atoms with E-state index in [9.17, 15) is 9.59 Å². The molecule has 1 atom stereocenters. The van der Waals surface area contributed by atoms with E-state index in [1.165, 1.54) is 11.3 Å². The second-order valence-electron chi connectivity index (χ2n) is 10.3. The lowest BCUT2D eigenvalue weighted by molar-refractivity contribution is 0.00751. The molecule has 2 heterocycles. The Hall–Kier alpha value is -3.23. The SMILES string of the molecule is COc1cc(NC(=O)c2sc(-c3ccc(Cl)cc3)cc2C)ccc1OC1CCCN(C(=O)OC(C)(C)C)C1. The van der Waals surface area contributed by atoms with Crippen molar-refractivity contribution in [1.29, 1.82) is 0 Å². The average Bonchev–Trinajstić information content (AvgIpc) is 3.26. The molecule has 3 aromatic rings. The molecule has 1 aliphatic heterocycles. The maximum absolute atomic E-state index is 13.1. The number of thiophene rings is 1. The number of carbonyl (C=O) groups excluding carboxylic acids is 2. The van der Waals surface area contributed by atoms with Crippen molar-refractivity contribution in [3.63, 3.8) is 0 Å². The molecule has 2 amide bonds.